The molecule has 0 aromatic rings. The number of rotatable bonds is 4. The van der Waals surface area contributed by atoms with E-state index in [9.17, 15) is 9.59 Å². The molecular weight excluding hydrogens is 186 g/mol. The topological polar surface area (TPSA) is 64.6 Å². The summed E-state index contributed by atoms with van der Waals surface area (Å²) >= 11 is 0. The number of cyclic esters (lactones) is 1. The van der Waals surface area contributed by atoms with Crippen LogP contribution in [0.3, 0.4) is 0 Å². The number of hydrogen-bond donors (Lipinski definition) is 1. The average molecular weight is 201 g/mol. The zero-order valence-electron chi connectivity index (χ0n) is 8.57. The third-order valence-electron chi connectivity index (χ3n) is 2.36. The molecule has 5 nitrogen and oxygen atoms in total. The molecule has 80 valence electrons. The Morgan fingerprint density at radius 2 is 2.36 bits per heavy atom. The van der Waals surface area contributed by atoms with Crippen LogP contribution in [0.5, 0.6) is 0 Å². The van der Waals surface area contributed by atoms with Crippen molar-refractivity contribution in [3.63, 3.8) is 0 Å². The first-order valence-electron chi connectivity index (χ1n) is 4.54. The van der Waals surface area contributed by atoms with Crippen LogP contribution in [0.25, 0.3) is 0 Å². The molecule has 0 aromatic carbocycles. The fourth-order valence-electron chi connectivity index (χ4n) is 1.77. The number of nitrogens with one attached hydrogen (secondary N) is 1. The lowest BCUT2D eigenvalue weighted by Crippen LogP contribution is -2.48. The minimum atomic E-state index is -0.758. The Labute approximate surface area is 82.8 Å². The quantitative estimate of drug-likeness (QED) is 0.679. The Morgan fingerprint density at radius 3 is 2.86 bits per heavy atom. The second kappa shape index (κ2) is 3.86. The van der Waals surface area contributed by atoms with Gasteiger partial charge < -0.3 is 14.8 Å². The smallest absolute Gasteiger partial charge is 0.408 e. The third-order valence-corrected chi connectivity index (χ3v) is 2.36. The van der Waals surface area contributed by atoms with Crippen molar-refractivity contribution in [2.75, 3.05) is 6.61 Å². The van der Waals surface area contributed by atoms with Crippen LogP contribution >= 0.6 is 0 Å². The summed E-state index contributed by atoms with van der Waals surface area (Å²) in [7, 11) is 0. The van der Waals surface area contributed by atoms with Gasteiger partial charge in [0, 0.05) is 0 Å². The van der Waals surface area contributed by atoms with Gasteiger partial charge in [-0.3, -0.25) is 4.79 Å². The highest BCUT2D eigenvalue weighted by molar-refractivity contribution is 5.71. The van der Waals surface area contributed by atoms with Crippen molar-refractivity contribution in [3.05, 3.63) is 0 Å². The van der Waals surface area contributed by atoms with Crippen LogP contribution in [0.4, 0.5) is 4.79 Å². The predicted molar refractivity (Wildman–Crippen MR) is 48.7 cm³/mol. The number of amides is 1. The first-order chi connectivity index (χ1) is 6.49. The molecule has 0 aromatic heterocycles. The average Bonchev–Trinajstić information content (AvgIpc) is 2.39. The van der Waals surface area contributed by atoms with Crippen molar-refractivity contribution >= 4 is 12.6 Å². The number of hydrogen-bond acceptors (Lipinski definition) is 4. The van der Waals surface area contributed by atoms with Gasteiger partial charge in [0.05, 0.1) is 6.04 Å². The molecule has 1 amide bonds. The lowest BCUT2D eigenvalue weighted by atomic mass is 9.89. The van der Waals surface area contributed by atoms with Crippen molar-refractivity contribution in [3.8, 4) is 0 Å². The summed E-state index contributed by atoms with van der Waals surface area (Å²) in [5, 5.41) is 2.70. The van der Waals surface area contributed by atoms with Gasteiger partial charge in [0.25, 0.3) is 6.47 Å². The fourth-order valence-corrected chi connectivity index (χ4v) is 1.77. The van der Waals surface area contributed by atoms with E-state index in [2.05, 4.69) is 10.1 Å². The maximum atomic E-state index is 11.1. The highest BCUT2D eigenvalue weighted by atomic mass is 16.6. The minimum Gasteiger partial charge on any atom is -0.464 e. The van der Waals surface area contributed by atoms with Gasteiger partial charge in [-0.05, 0) is 12.8 Å². The molecular formula is C9H15NO4. The summed E-state index contributed by atoms with van der Waals surface area (Å²) in [6.07, 6.45) is -0.458. The van der Waals surface area contributed by atoms with Crippen LogP contribution in [0, 0.1) is 5.92 Å². The molecule has 1 N–H and O–H groups in total. The summed E-state index contributed by atoms with van der Waals surface area (Å²) in [6.45, 7) is 6.13. The van der Waals surface area contributed by atoms with Gasteiger partial charge in [-0.15, -0.1) is 0 Å². The highest BCUT2D eigenvalue weighted by Gasteiger charge is 2.47. The molecule has 0 spiro atoms. The molecule has 2 atom stereocenters. The fraction of sp³-hybridized carbons (Fsp3) is 0.778. The third kappa shape index (κ3) is 1.97. The van der Waals surface area contributed by atoms with Crippen molar-refractivity contribution in [1.29, 1.82) is 0 Å². The number of alkyl carbamates (subject to hydrolysis) is 1. The van der Waals surface area contributed by atoms with Gasteiger partial charge in [-0.1, -0.05) is 13.8 Å². The van der Waals surface area contributed by atoms with Crippen molar-refractivity contribution in [1.82, 2.24) is 5.32 Å². The molecule has 0 bridgehead atoms. The van der Waals surface area contributed by atoms with Gasteiger partial charge in [-0.25, -0.2) is 4.79 Å². The summed E-state index contributed by atoms with van der Waals surface area (Å²) in [5.41, 5.74) is -0.758. The second-order valence-electron chi connectivity index (χ2n) is 3.98. The molecule has 1 rings (SSSR count). The molecule has 1 fully saturated rings. The van der Waals surface area contributed by atoms with Gasteiger partial charge in [-0.2, -0.15) is 0 Å². The molecule has 14 heavy (non-hydrogen) atoms. The van der Waals surface area contributed by atoms with Crippen LogP contribution in [-0.4, -0.2) is 30.8 Å². The molecule has 0 radical (unpaired) electrons. The largest absolute Gasteiger partial charge is 0.464 e. The van der Waals surface area contributed by atoms with E-state index in [0.29, 0.717) is 6.47 Å². The minimum absolute atomic E-state index is 0.0814. The molecule has 0 aliphatic carbocycles. The van der Waals surface area contributed by atoms with E-state index in [1.165, 1.54) is 0 Å². The standard InChI is InChI=1S/C9H15NO4/c1-6(2)7-9(3,4-13-5-11)14-8(12)10-7/h5-7H,4H2,1-3H3,(H,10,12)/t7?,9-/m1/s1. The Kier molecular flexibility index (Phi) is 2.98. The van der Waals surface area contributed by atoms with Crippen LogP contribution in [-0.2, 0) is 14.3 Å². The zero-order chi connectivity index (χ0) is 10.8. The molecule has 1 aliphatic heterocycles. The maximum Gasteiger partial charge on any atom is 0.408 e. The summed E-state index contributed by atoms with van der Waals surface area (Å²) in [5.74, 6) is 0.224. The van der Waals surface area contributed by atoms with E-state index >= 15 is 0 Å². The molecule has 1 saturated heterocycles. The molecule has 0 saturated carbocycles. The maximum absolute atomic E-state index is 11.1. The van der Waals surface area contributed by atoms with Gasteiger partial charge in [0.2, 0.25) is 0 Å². The molecule has 1 heterocycles. The molecule has 1 aliphatic rings. The number of ether oxygens (including phenoxy) is 2. The van der Waals surface area contributed by atoms with Crippen molar-refractivity contribution in [2.45, 2.75) is 32.4 Å². The Bertz CT molecular complexity index is 241. The summed E-state index contributed by atoms with van der Waals surface area (Å²) < 4.78 is 9.74. The summed E-state index contributed by atoms with van der Waals surface area (Å²) in [6, 6.07) is -0.130. The van der Waals surface area contributed by atoms with E-state index < -0.39 is 11.7 Å². The Morgan fingerprint density at radius 1 is 1.71 bits per heavy atom. The SMILES string of the molecule is CC(C)C1NC(=O)O[C@]1(C)COC=O. The van der Waals surface area contributed by atoms with Gasteiger partial charge >= 0.3 is 6.09 Å². The van der Waals surface area contributed by atoms with Crippen LogP contribution < -0.4 is 5.32 Å². The first kappa shape index (κ1) is 10.8. The van der Waals surface area contributed by atoms with Gasteiger partial charge in [0.1, 0.15) is 6.61 Å². The lowest BCUT2D eigenvalue weighted by molar-refractivity contribution is -0.135. The van der Waals surface area contributed by atoms with Crippen LogP contribution in [0.2, 0.25) is 0 Å². The van der Waals surface area contributed by atoms with Gasteiger partial charge in [0.15, 0.2) is 5.60 Å². The first-order valence-corrected chi connectivity index (χ1v) is 4.54. The van der Waals surface area contributed by atoms with E-state index in [4.69, 9.17) is 4.74 Å². The van der Waals surface area contributed by atoms with Crippen LogP contribution in [0.15, 0.2) is 0 Å². The Balaban J connectivity index is 2.72. The highest BCUT2D eigenvalue weighted by Crippen LogP contribution is 2.27. The normalized spacial score (nSPS) is 31.1. The van der Waals surface area contributed by atoms with E-state index in [0.717, 1.165) is 0 Å². The van der Waals surface area contributed by atoms with Crippen molar-refractivity contribution < 1.29 is 19.1 Å². The number of carbonyl (C=O) groups excluding carboxylic acids is 2. The zero-order valence-corrected chi connectivity index (χ0v) is 8.57. The molecule has 5 heteroatoms. The lowest BCUT2D eigenvalue weighted by Gasteiger charge is -2.29. The second-order valence-corrected chi connectivity index (χ2v) is 3.98. The van der Waals surface area contributed by atoms with Crippen molar-refractivity contribution in [2.24, 2.45) is 5.92 Å². The van der Waals surface area contributed by atoms with Crippen LogP contribution in [0.1, 0.15) is 20.8 Å². The summed E-state index contributed by atoms with van der Waals surface area (Å²) in [4.78, 5) is 21.1. The Hall–Kier alpha value is -1.26. The van der Waals surface area contributed by atoms with E-state index in [1.807, 2.05) is 13.8 Å². The van der Waals surface area contributed by atoms with E-state index in [1.54, 1.807) is 6.92 Å². The monoisotopic (exact) mass is 201 g/mol. The predicted octanol–water partition coefficient (Wildman–Crippen LogP) is 0.682. The molecule has 1 unspecified atom stereocenters. The van der Waals surface area contributed by atoms with E-state index in [-0.39, 0.29) is 18.6 Å². The number of carbonyl (C=O) groups is 2.